The van der Waals surface area contributed by atoms with E-state index < -0.39 is 11.8 Å². The summed E-state index contributed by atoms with van der Waals surface area (Å²) in [5.74, 6) is -0.293. The highest BCUT2D eigenvalue weighted by Crippen LogP contribution is 2.34. The number of hydrogen-bond donors (Lipinski definition) is 1. The molecule has 6 heteroatoms. The van der Waals surface area contributed by atoms with Crippen molar-refractivity contribution in [3.05, 3.63) is 102 Å². The summed E-state index contributed by atoms with van der Waals surface area (Å²) >= 11 is 0. The van der Waals surface area contributed by atoms with Crippen molar-refractivity contribution in [2.45, 2.75) is 6.42 Å². The van der Waals surface area contributed by atoms with Crippen molar-refractivity contribution >= 4 is 23.0 Å². The Morgan fingerprint density at radius 2 is 1.40 bits per heavy atom. The van der Waals surface area contributed by atoms with Gasteiger partial charge >= 0.3 is 11.8 Å². The molecule has 3 aromatic carbocycles. The molecule has 1 fully saturated rings. The third-order valence-corrected chi connectivity index (χ3v) is 6.02. The summed E-state index contributed by atoms with van der Waals surface area (Å²) in [5.41, 5.74) is 5.35. The Morgan fingerprint density at radius 1 is 0.829 bits per heavy atom. The van der Waals surface area contributed by atoms with E-state index in [-0.39, 0.29) is 0 Å². The first-order valence-corrected chi connectivity index (χ1v) is 11.8. The number of benzene rings is 3. The lowest BCUT2D eigenvalue weighted by molar-refractivity contribution is -0.148. The van der Waals surface area contributed by atoms with Gasteiger partial charge in [-0.25, -0.2) is 0 Å². The van der Waals surface area contributed by atoms with Crippen molar-refractivity contribution in [1.82, 2.24) is 10.2 Å². The summed E-state index contributed by atoms with van der Waals surface area (Å²) in [4.78, 5) is 26.6. The van der Waals surface area contributed by atoms with E-state index in [1.165, 1.54) is 0 Å². The van der Waals surface area contributed by atoms with Gasteiger partial charge in [-0.3, -0.25) is 9.59 Å². The monoisotopic (exact) mass is 470 g/mol. The summed E-state index contributed by atoms with van der Waals surface area (Å²) in [5, 5.41) is 2.83. The first kappa shape index (κ1) is 24.2. The highest BCUT2D eigenvalue weighted by atomic mass is 16.5. The van der Waals surface area contributed by atoms with Crippen LogP contribution in [0.4, 0.5) is 0 Å². The molecule has 0 atom stereocenters. The summed E-state index contributed by atoms with van der Waals surface area (Å²) < 4.78 is 10.6. The molecule has 1 aliphatic rings. The van der Waals surface area contributed by atoms with E-state index in [1.807, 2.05) is 60.7 Å². The van der Waals surface area contributed by atoms with Gasteiger partial charge < -0.3 is 19.7 Å². The van der Waals surface area contributed by atoms with Crippen LogP contribution in [0.5, 0.6) is 5.75 Å². The number of carbonyl (C=O) groups is 2. The number of nitrogens with zero attached hydrogens (tertiary/aromatic N) is 1. The van der Waals surface area contributed by atoms with E-state index in [0.717, 1.165) is 33.6 Å². The van der Waals surface area contributed by atoms with E-state index in [1.54, 1.807) is 12.0 Å². The molecule has 180 valence electrons. The molecule has 0 radical (unpaired) electrons. The molecule has 2 amide bonds. The second kappa shape index (κ2) is 12.0. The number of hydrogen-bond acceptors (Lipinski definition) is 4. The molecule has 0 unspecified atom stereocenters. The predicted molar refractivity (Wildman–Crippen MR) is 137 cm³/mol. The zero-order valence-electron chi connectivity index (χ0n) is 19.9. The van der Waals surface area contributed by atoms with E-state index in [4.69, 9.17) is 9.47 Å². The third kappa shape index (κ3) is 6.16. The Morgan fingerprint density at radius 3 is 2.00 bits per heavy atom. The maximum Gasteiger partial charge on any atom is 0.312 e. The summed E-state index contributed by atoms with van der Waals surface area (Å²) in [6.07, 6.45) is 0.558. The molecule has 1 N–H and O–H groups in total. The number of nitrogens with one attached hydrogen (secondary N) is 1. The largest absolute Gasteiger partial charge is 0.497 e. The molecular weight excluding hydrogens is 440 g/mol. The molecule has 35 heavy (non-hydrogen) atoms. The number of carbonyl (C=O) groups excluding carboxylic acids is 2. The van der Waals surface area contributed by atoms with Crippen molar-refractivity contribution in [3.8, 4) is 5.75 Å². The zero-order chi connectivity index (χ0) is 24.5. The lowest BCUT2D eigenvalue weighted by Crippen LogP contribution is -2.48. The molecule has 6 nitrogen and oxygen atoms in total. The Labute approximate surface area is 206 Å². The number of ether oxygens (including phenoxy) is 2. The average molecular weight is 471 g/mol. The quantitative estimate of drug-likeness (QED) is 0.418. The molecule has 0 aromatic heterocycles. The minimum atomic E-state index is -0.579. The van der Waals surface area contributed by atoms with Gasteiger partial charge in [0.15, 0.2) is 0 Å². The topological polar surface area (TPSA) is 67.9 Å². The SMILES string of the molecule is COc1ccc(C(=C(CCNC(=O)C(=O)N2CCOCC2)c2ccccc2)c2ccccc2)cc1. The molecular formula is C29H30N2O4. The fourth-order valence-corrected chi connectivity index (χ4v) is 4.22. The van der Waals surface area contributed by atoms with Crippen LogP contribution in [0.2, 0.25) is 0 Å². The van der Waals surface area contributed by atoms with Gasteiger partial charge in [0.05, 0.1) is 20.3 Å². The van der Waals surface area contributed by atoms with Gasteiger partial charge in [-0.1, -0.05) is 72.8 Å². The van der Waals surface area contributed by atoms with Crippen LogP contribution in [0.15, 0.2) is 84.9 Å². The third-order valence-electron chi connectivity index (χ3n) is 6.02. The van der Waals surface area contributed by atoms with Gasteiger partial charge in [0.1, 0.15) is 5.75 Å². The Balaban J connectivity index is 1.65. The molecule has 3 aromatic rings. The minimum Gasteiger partial charge on any atom is -0.497 e. The van der Waals surface area contributed by atoms with Crippen LogP contribution >= 0.6 is 0 Å². The van der Waals surface area contributed by atoms with E-state index >= 15 is 0 Å². The summed E-state index contributed by atoms with van der Waals surface area (Å²) in [6, 6.07) is 28.3. The van der Waals surface area contributed by atoms with Crippen LogP contribution in [-0.4, -0.2) is 56.7 Å². The maximum atomic E-state index is 12.6. The second-order valence-corrected chi connectivity index (χ2v) is 8.22. The maximum absolute atomic E-state index is 12.6. The van der Waals surface area contributed by atoms with Gasteiger partial charge in [0, 0.05) is 19.6 Å². The van der Waals surface area contributed by atoms with Crippen molar-refractivity contribution in [3.63, 3.8) is 0 Å². The first-order chi connectivity index (χ1) is 17.2. The van der Waals surface area contributed by atoms with Crippen LogP contribution in [-0.2, 0) is 14.3 Å². The second-order valence-electron chi connectivity index (χ2n) is 8.22. The Hall–Kier alpha value is -3.90. The molecule has 0 spiro atoms. The fourth-order valence-electron chi connectivity index (χ4n) is 4.22. The van der Waals surface area contributed by atoms with Crippen molar-refractivity contribution in [2.24, 2.45) is 0 Å². The molecule has 0 saturated carbocycles. The molecule has 1 saturated heterocycles. The molecule has 0 bridgehead atoms. The predicted octanol–water partition coefficient (Wildman–Crippen LogP) is 4.02. The van der Waals surface area contributed by atoms with Crippen LogP contribution in [0.1, 0.15) is 23.1 Å². The van der Waals surface area contributed by atoms with Crippen LogP contribution in [0.25, 0.3) is 11.1 Å². The highest BCUT2D eigenvalue weighted by molar-refractivity contribution is 6.35. The first-order valence-electron chi connectivity index (χ1n) is 11.8. The van der Waals surface area contributed by atoms with Crippen molar-refractivity contribution in [2.75, 3.05) is 40.0 Å². The normalized spacial score (nSPS) is 14.1. The van der Waals surface area contributed by atoms with Gasteiger partial charge in [-0.05, 0) is 46.4 Å². The average Bonchev–Trinajstić information content (AvgIpc) is 2.93. The van der Waals surface area contributed by atoms with Crippen LogP contribution in [0, 0.1) is 0 Å². The van der Waals surface area contributed by atoms with E-state index in [2.05, 4.69) is 29.6 Å². The van der Waals surface area contributed by atoms with Crippen LogP contribution in [0.3, 0.4) is 0 Å². The number of morpholine rings is 1. The lowest BCUT2D eigenvalue weighted by Gasteiger charge is -2.26. The lowest BCUT2D eigenvalue weighted by atomic mass is 9.88. The van der Waals surface area contributed by atoms with Gasteiger partial charge in [-0.2, -0.15) is 0 Å². The zero-order valence-corrected chi connectivity index (χ0v) is 19.9. The van der Waals surface area contributed by atoms with Gasteiger partial charge in [0.2, 0.25) is 0 Å². The molecule has 0 aliphatic carbocycles. The summed E-state index contributed by atoms with van der Waals surface area (Å²) in [6.45, 7) is 2.14. The number of rotatable bonds is 7. The summed E-state index contributed by atoms with van der Waals surface area (Å²) in [7, 11) is 1.65. The molecule has 4 rings (SSSR count). The van der Waals surface area contributed by atoms with Gasteiger partial charge in [-0.15, -0.1) is 0 Å². The van der Waals surface area contributed by atoms with Crippen LogP contribution < -0.4 is 10.1 Å². The number of amides is 2. The van der Waals surface area contributed by atoms with Crippen molar-refractivity contribution < 1.29 is 19.1 Å². The van der Waals surface area contributed by atoms with E-state index in [9.17, 15) is 9.59 Å². The fraction of sp³-hybridized carbons (Fsp3) is 0.241. The Bertz CT molecular complexity index is 1150. The molecule has 1 heterocycles. The number of methoxy groups -OCH3 is 1. The highest BCUT2D eigenvalue weighted by Gasteiger charge is 2.23. The smallest absolute Gasteiger partial charge is 0.312 e. The molecule has 1 aliphatic heterocycles. The van der Waals surface area contributed by atoms with Gasteiger partial charge in [0.25, 0.3) is 0 Å². The van der Waals surface area contributed by atoms with E-state index in [0.29, 0.717) is 39.3 Å². The van der Waals surface area contributed by atoms with Crippen molar-refractivity contribution in [1.29, 1.82) is 0 Å². The standard InChI is InChI=1S/C29H30N2O4/c1-34-25-14-12-24(13-15-25)27(23-10-6-3-7-11-23)26(22-8-4-2-5-9-22)16-17-30-28(32)29(33)31-18-20-35-21-19-31/h2-15H,16-21H2,1H3,(H,30,32). The Kier molecular flexibility index (Phi) is 8.30. The minimum absolute atomic E-state index is 0.339.